The van der Waals surface area contributed by atoms with Gasteiger partial charge in [0.1, 0.15) is 0 Å². The van der Waals surface area contributed by atoms with Crippen LogP contribution >= 0.6 is 0 Å². The summed E-state index contributed by atoms with van der Waals surface area (Å²) >= 11 is 0. The first-order chi connectivity index (χ1) is 20.5. The highest BCUT2D eigenvalue weighted by atomic mass is 16.2. The Labute approximate surface area is 256 Å². The molecule has 0 aliphatic heterocycles. The number of rotatable bonds is 23. The van der Waals surface area contributed by atoms with Gasteiger partial charge in [-0.1, -0.05) is 79.1 Å². The summed E-state index contributed by atoms with van der Waals surface area (Å²) in [4.78, 5) is 24.7. The van der Waals surface area contributed by atoms with E-state index in [4.69, 9.17) is 0 Å². The lowest BCUT2D eigenvalue weighted by Crippen LogP contribution is -2.18. The summed E-state index contributed by atoms with van der Waals surface area (Å²) in [6.45, 7) is 8.89. The van der Waals surface area contributed by atoms with Gasteiger partial charge in [0, 0.05) is 47.7 Å². The summed E-state index contributed by atoms with van der Waals surface area (Å²) in [5.41, 5.74) is 3.93. The number of carbonyl (C=O) groups excluding carboxylic acids is 2. The first-order valence-corrected chi connectivity index (χ1v) is 16.8. The molecule has 0 fully saturated rings. The highest BCUT2D eigenvalue weighted by Crippen LogP contribution is 2.20. The van der Waals surface area contributed by atoms with Crippen LogP contribution in [-0.4, -0.2) is 23.9 Å². The van der Waals surface area contributed by atoms with E-state index in [1.54, 1.807) is 0 Å². The number of carbonyl (C=O) groups is 2. The van der Waals surface area contributed by atoms with Crippen LogP contribution in [-0.2, 0) is 9.59 Å². The molecule has 0 bridgehead atoms. The fourth-order valence-corrected chi connectivity index (χ4v) is 5.47. The van der Waals surface area contributed by atoms with Crippen molar-refractivity contribution >= 4 is 34.6 Å². The van der Waals surface area contributed by atoms with Crippen molar-refractivity contribution in [3.8, 4) is 0 Å². The topological polar surface area (TPSA) is 82.3 Å². The molecular formula is C36H58N4O2. The Balaban J connectivity index is 1.53. The third-order valence-corrected chi connectivity index (χ3v) is 7.69. The smallest absolute Gasteiger partial charge is 0.224 e. The van der Waals surface area contributed by atoms with E-state index >= 15 is 0 Å². The van der Waals surface area contributed by atoms with E-state index in [-0.39, 0.29) is 11.8 Å². The predicted octanol–water partition coefficient (Wildman–Crippen LogP) is 10.1. The summed E-state index contributed by atoms with van der Waals surface area (Å²) in [5.74, 6) is 0.153. The number of unbranched alkanes of at least 4 members (excludes halogenated alkanes) is 5. The summed E-state index contributed by atoms with van der Waals surface area (Å²) in [6, 6.07) is 17.2. The maximum atomic E-state index is 12.3. The highest BCUT2D eigenvalue weighted by molar-refractivity contribution is 5.91. The van der Waals surface area contributed by atoms with E-state index in [9.17, 15) is 9.59 Å². The third kappa shape index (κ3) is 15.3. The average molecular weight is 579 g/mol. The Hall–Kier alpha value is -3.02. The normalized spacial score (nSPS) is 11.1. The molecule has 234 valence electrons. The van der Waals surface area contributed by atoms with Crippen LogP contribution in [0.4, 0.5) is 22.7 Å². The van der Waals surface area contributed by atoms with Crippen LogP contribution in [0.3, 0.4) is 0 Å². The van der Waals surface area contributed by atoms with Gasteiger partial charge in [0.15, 0.2) is 0 Å². The molecule has 6 heteroatoms. The lowest BCUT2D eigenvalue weighted by molar-refractivity contribution is -0.117. The van der Waals surface area contributed by atoms with Crippen LogP contribution in [0.2, 0.25) is 0 Å². The zero-order valence-corrected chi connectivity index (χ0v) is 26.9. The molecule has 0 saturated heterocycles. The van der Waals surface area contributed by atoms with Crippen LogP contribution in [0.25, 0.3) is 0 Å². The van der Waals surface area contributed by atoms with Gasteiger partial charge in [-0.15, -0.1) is 0 Å². The summed E-state index contributed by atoms with van der Waals surface area (Å²) in [7, 11) is 0. The van der Waals surface area contributed by atoms with Crippen molar-refractivity contribution in [2.24, 2.45) is 0 Å². The van der Waals surface area contributed by atoms with Crippen LogP contribution in [0.1, 0.15) is 130 Å². The minimum atomic E-state index is 0.0766. The Morgan fingerprint density at radius 3 is 1.07 bits per heavy atom. The van der Waals surface area contributed by atoms with Gasteiger partial charge in [-0.05, 0) is 87.1 Å². The number of anilines is 4. The van der Waals surface area contributed by atoms with Gasteiger partial charge in [0.2, 0.25) is 11.8 Å². The van der Waals surface area contributed by atoms with Crippen molar-refractivity contribution in [2.45, 2.75) is 143 Å². The lowest BCUT2D eigenvalue weighted by atomic mass is 10.1. The average Bonchev–Trinajstić information content (AvgIpc) is 2.97. The zero-order chi connectivity index (χ0) is 30.4. The van der Waals surface area contributed by atoms with Gasteiger partial charge in [0.05, 0.1) is 0 Å². The molecule has 6 nitrogen and oxygen atoms in total. The van der Waals surface area contributed by atoms with E-state index in [2.05, 4.69) is 73.2 Å². The van der Waals surface area contributed by atoms with E-state index in [0.29, 0.717) is 24.9 Å². The number of benzene rings is 2. The molecule has 0 aliphatic rings. The van der Waals surface area contributed by atoms with Gasteiger partial charge in [0.25, 0.3) is 0 Å². The lowest BCUT2D eigenvalue weighted by Gasteiger charge is -2.19. The van der Waals surface area contributed by atoms with E-state index in [0.717, 1.165) is 61.3 Å². The Bertz CT molecular complexity index is 897. The fraction of sp³-hybridized carbons (Fsp3) is 0.611. The van der Waals surface area contributed by atoms with Crippen molar-refractivity contribution in [2.75, 3.05) is 21.3 Å². The van der Waals surface area contributed by atoms with Crippen molar-refractivity contribution in [3.05, 3.63) is 48.5 Å². The standard InChI is InChI=1S/C36H58N4O2/c1-5-15-29(16-6-2)37-31-21-25-33(26-22-31)39-35(41)19-13-11-9-10-12-14-20-36(42)40-34-27-23-32(24-28-34)38-30(17-7-3)18-8-4/h21-30,37-38H,5-20H2,1-4H3,(H,39,41)(H,40,42). The minimum absolute atomic E-state index is 0.0766. The molecule has 0 aliphatic carbocycles. The van der Waals surface area contributed by atoms with Crippen LogP contribution < -0.4 is 21.3 Å². The van der Waals surface area contributed by atoms with Gasteiger partial charge in [-0.25, -0.2) is 0 Å². The van der Waals surface area contributed by atoms with Gasteiger partial charge in [-0.2, -0.15) is 0 Å². The summed E-state index contributed by atoms with van der Waals surface area (Å²) in [6.07, 6.45) is 16.5. The molecule has 2 aromatic rings. The molecule has 2 aromatic carbocycles. The maximum Gasteiger partial charge on any atom is 0.224 e. The number of hydrogen-bond donors (Lipinski definition) is 4. The SMILES string of the molecule is CCCC(CCC)Nc1ccc(NC(=O)CCCCCCCCC(=O)Nc2ccc(NC(CCC)CCC)cc2)cc1. The maximum absolute atomic E-state index is 12.3. The number of nitrogens with one attached hydrogen (secondary N) is 4. The van der Waals surface area contributed by atoms with E-state index < -0.39 is 0 Å². The monoisotopic (exact) mass is 578 g/mol. The van der Waals surface area contributed by atoms with Gasteiger partial charge >= 0.3 is 0 Å². The third-order valence-electron chi connectivity index (χ3n) is 7.69. The fourth-order valence-electron chi connectivity index (χ4n) is 5.47. The molecular weight excluding hydrogens is 520 g/mol. The second-order valence-corrected chi connectivity index (χ2v) is 11.7. The van der Waals surface area contributed by atoms with Crippen molar-refractivity contribution < 1.29 is 9.59 Å². The second kappa shape index (κ2) is 21.6. The molecule has 4 N–H and O–H groups in total. The zero-order valence-electron chi connectivity index (χ0n) is 26.9. The van der Waals surface area contributed by atoms with Crippen LogP contribution in [0, 0.1) is 0 Å². The number of amides is 2. The van der Waals surface area contributed by atoms with Crippen LogP contribution in [0.5, 0.6) is 0 Å². The molecule has 0 saturated carbocycles. The Morgan fingerprint density at radius 2 is 0.762 bits per heavy atom. The molecule has 0 atom stereocenters. The quantitative estimate of drug-likeness (QED) is 0.0989. The molecule has 2 amide bonds. The van der Waals surface area contributed by atoms with Crippen molar-refractivity contribution in [1.29, 1.82) is 0 Å². The Kier molecular flexibility index (Phi) is 18.1. The largest absolute Gasteiger partial charge is 0.382 e. The van der Waals surface area contributed by atoms with Crippen molar-refractivity contribution in [3.63, 3.8) is 0 Å². The van der Waals surface area contributed by atoms with Gasteiger partial charge in [-0.3, -0.25) is 9.59 Å². The van der Waals surface area contributed by atoms with Gasteiger partial charge < -0.3 is 21.3 Å². The molecule has 2 rings (SSSR count). The van der Waals surface area contributed by atoms with Crippen molar-refractivity contribution in [1.82, 2.24) is 0 Å². The van der Waals surface area contributed by atoms with E-state index in [1.807, 2.05) is 24.3 Å². The molecule has 0 unspecified atom stereocenters. The van der Waals surface area contributed by atoms with Crippen LogP contribution in [0.15, 0.2) is 48.5 Å². The molecule has 0 aromatic heterocycles. The highest BCUT2D eigenvalue weighted by Gasteiger charge is 2.09. The summed E-state index contributed by atoms with van der Waals surface area (Å²) in [5, 5.41) is 13.3. The first kappa shape index (κ1) is 35.2. The predicted molar refractivity (Wildman–Crippen MR) is 182 cm³/mol. The molecule has 42 heavy (non-hydrogen) atoms. The minimum Gasteiger partial charge on any atom is -0.382 e. The summed E-state index contributed by atoms with van der Waals surface area (Å²) < 4.78 is 0. The molecule has 0 radical (unpaired) electrons. The molecule has 0 spiro atoms. The Morgan fingerprint density at radius 1 is 0.476 bits per heavy atom. The number of hydrogen-bond acceptors (Lipinski definition) is 4. The van der Waals surface area contributed by atoms with E-state index in [1.165, 1.54) is 51.4 Å². The second-order valence-electron chi connectivity index (χ2n) is 11.7. The molecule has 0 heterocycles. The first-order valence-electron chi connectivity index (χ1n) is 16.8.